The van der Waals surface area contributed by atoms with Crippen molar-refractivity contribution in [1.29, 1.82) is 0 Å². The van der Waals surface area contributed by atoms with Gasteiger partial charge in [-0.1, -0.05) is 103 Å². The molecule has 0 saturated carbocycles. The number of carbonyl (C=O) groups is 2. The molecule has 1 fully saturated rings. The molecule has 0 unspecified atom stereocenters. The lowest BCUT2D eigenvalue weighted by molar-refractivity contribution is -0.0950. The van der Waals surface area contributed by atoms with Crippen molar-refractivity contribution in [2.24, 2.45) is 0 Å². The minimum atomic E-state index is -1.16. The Kier molecular flexibility index (Phi) is 10.7. The number of fused-ring (bicyclic) bond motifs is 1. The molecule has 1 aliphatic heterocycles. The van der Waals surface area contributed by atoms with Crippen molar-refractivity contribution in [2.45, 2.75) is 30.5 Å². The van der Waals surface area contributed by atoms with E-state index in [4.69, 9.17) is 29.8 Å². The Morgan fingerprint density at radius 3 is 1.88 bits per heavy atom. The van der Waals surface area contributed by atoms with Crippen molar-refractivity contribution in [3.8, 4) is 11.5 Å². The van der Waals surface area contributed by atoms with Crippen LogP contribution in [0.2, 0.25) is 0 Å². The number of anilines is 2. The van der Waals surface area contributed by atoms with Gasteiger partial charge < -0.3 is 35.1 Å². The Morgan fingerprint density at radius 1 is 0.776 bits per heavy atom. The van der Waals surface area contributed by atoms with Crippen LogP contribution in [-0.2, 0) is 15.1 Å². The third-order valence-corrected chi connectivity index (χ3v) is 10.2. The number of aromatic nitrogens is 4. The summed E-state index contributed by atoms with van der Waals surface area (Å²) in [5, 5.41) is 19.3. The van der Waals surface area contributed by atoms with Gasteiger partial charge in [0.1, 0.15) is 34.7 Å². The lowest BCUT2D eigenvalue weighted by Crippen LogP contribution is -2.38. The first-order valence-corrected chi connectivity index (χ1v) is 18.6. The van der Waals surface area contributed by atoms with Crippen molar-refractivity contribution < 1.29 is 33.6 Å². The molecule has 1 aliphatic rings. The first-order valence-electron chi connectivity index (χ1n) is 18.6. The number of nitrogen functional groups attached to an aromatic ring is 1. The number of ketones is 1. The van der Waals surface area contributed by atoms with E-state index in [0.717, 1.165) is 16.7 Å². The van der Waals surface area contributed by atoms with Crippen LogP contribution in [0.5, 0.6) is 11.5 Å². The molecule has 4 N–H and O–H groups in total. The number of nitrogens with one attached hydrogen (secondary N) is 1. The minimum absolute atomic E-state index is 0.00643. The fourth-order valence-electron chi connectivity index (χ4n) is 7.30. The van der Waals surface area contributed by atoms with Crippen LogP contribution in [0, 0.1) is 0 Å². The maximum Gasteiger partial charge on any atom is 0.256 e. The molecule has 1 amide bonds. The van der Waals surface area contributed by atoms with Crippen molar-refractivity contribution in [1.82, 2.24) is 19.7 Å². The number of amides is 1. The minimum Gasteiger partial charge on any atom is -0.497 e. The number of rotatable bonds is 13. The summed E-state index contributed by atoms with van der Waals surface area (Å²) < 4.78 is 26.0. The molecular formula is C45H40N6O7. The number of ether oxygens (including phenoxy) is 4. The van der Waals surface area contributed by atoms with Gasteiger partial charge in [-0.05, 0) is 53.1 Å². The van der Waals surface area contributed by atoms with Crippen molar-refractivity contribution >= 4 is 34.5 Å². The van der Waals surface area contributed by atoms with Gasteiger partial charge in [-0.25, -0.2) is 4.68 Å². The predicted octanol–water partition coefficient (Wildman–Crippen LogP) is 6.57. The van der Waals surface area contributed by atoms with Crippen LogP contribution in [0.3, 0.4) is 0 Å². The molecule has 8 rings (SSSR count). The van der Waals surface area contributed by atoms with E-state index in [1.54, 1.807) is 74.9 Å². The molecule has 58 heavy (non-hydrogen) atoms. The lowest BCUT2D eigenvalue weighted by Gasteiger charge is -2.37. The number of carbonyl (C=O) groups excluding carboxylic acids is 2. The van der Waals surface area contributed by atoms with E-state index in [0.29, 0.717) is 22.6 Å². The molecule has 0 bridgehead atoms. The molecule has 13 nitrogen and oxygen atoms in total. The van der Waals surface area contributed by atoms with E-state index >= 15 is 0 Å². The SMILES string of the molecule is COc1ccc(C(OC[C@H]2O[C@H](n3nc(C(=O)c4ccccc4)c4c(NC(=O)c5ccccc5)nc(N)nc43)C[C@@H]2O)(c2ccccc2)c2ccc(OC)cc2)cc1. The average Bonchev–Trinajstić information content (AvgIpc) is 3.84. The van der Waals surface area contributed by atoms with E-state index in [-0.39, 0.29) is 41.5 Å². The third kappa shape index (κ3) is 7.25. The van der Waals surface area contributed by atoms with Crippen LogP contribution in [0.15, 0.2) is 140 Å². The Hall–Kier alpha value is -6.93. The van der Waals surface area contributed by atoms with E-state index in [1.807, 2.05) is 78.9 Å². The van der Waals surface area contributed by atoms with Crippen LogP contribution in [0.4, 0.5) is 11.8 Å². The Bertz CT molecular complexity index is 2490. The fraction of sp³-hybridized carbons (Fsp3) is 0.178. The molecule has 3 heterocycles. The van der Waals surface area contributed by atoms with Gasteiger partial charge in [0.2, 0.25) is 11.7 Å². The van der Waals surface area contributed by atoms with Crippen LogP contribution in [0.1, 0.15) is 55.7 Å². The zero-order chi connectivity index (χ0) is 40.2. The van der Waals surface area contributed by atoms with Crippen molar-refractivity contribution in [3.05, 3.63) is 173 Å². The Morgan fingerprint density at radius 2 is 1.31 bits per heavy atom. The van der Waals surface area contributed by atoms with Gasteiger partial charge in [-0.2, -0.15) is 15.1 Å². The highest BCUT2D eigenvalue weighted by molar-refractivity contribution is 6.18. The number of nitrogens with two attached hydrogens (primary N) is 1. The molecule has 292 valence electrons. The highest BCUT2D eigenvalue weighted by Gasteiger charge is 2.43. The van der Waals surface area contributed by atoms with Gasteiger partial charge >= 0.3 is 0 Å². The summed E-state index contributed by atoms with van der Waals surface area (Å²) in [6.45, 7) is -0.0604. The molecular weight excluding hydrogens is 737 g/mol. The molecule has 0 radical (unpaired) electrons. The van der Waals surface area contributed by atoms with Gasteiger partial charge in [0.15, 0.2) is 11.9 Å². The van der Waals surface area contributed by atoms with E-state index in [2.05, 4.69) is 15.3 Å². The van der Waals surface area contributed by atoms with Crippen LogP contribution < -0.4 is 20.5 Å². The molecule has 5 aromatic carbocycles. The molecule has 3 atom stereocenters. The number of benzene rings is 5. The summed E-state index contributed by atoms with van der Waals surface area (Å²) >= 11 is 0. The fourth-order valence-corrected chi connectivity index (χ4v) is 7.30. The van der Waals surface area contributed by atoms with Gasteiger partial charge in [0, 0.05) is 17.5 Å². The summed E-state index contributed by atoms with van der Waals surface area (Å²) in [6, 6.07) is 42.3. The summed E-state index contributed by atoms with van der Waals surface area (Å²) in [7, 11) is 3.22. The van der Waals surface area contributed by atoms with Gasteiger partial charge in [-0.15, -0.1) is 0 Å². The van der Waals surface area contributed by atoms with E-state index in [1.165, 1.54) is 4.68 Å². The molecule has 2 aromatic heterocycles. The maximum atomic E-state index is 14.1. The van der Waals surface area contributed by atoms with Crippen LogP contribution in [-0.4, -0.2) is 69.6 Å². The molecule has 0 spiro atoms. The van der Waals surface area contributed by atoms with Crippen molar-refractivity contribution in [3.63, 3.8) is 0 Å². The second-order valence-electron chi connectivity index (χ2n) is 13.7. The van der Waals surface area contributed by atoms with Crippen LogP contribution in [0.25, 0.3) is 11.0 Å². The number of methoxy groups -OCH3 is 2. The highest BCUT2D eigenvalue weighted by Crippen LogP contribution is 2.43. The van der Waals surface area contributed by atoms with E-state index < -0.39 is 35.7 Å². The Labute approximate surface area is 334 Å². The Balaban J connectivity index is 1.17. The zero-order valence-corrected chi connectivity index (χ0v) is 31.7. The molecule has 7 aromatic rings. The van der Waals surface area contributed by atoms with Gasteiger partial charge in [0.25, 0.3) is 5.91 Å². The number of hydrogen-bond acceptors (Lipinski definition) is 11. The standard InChI is InChI=1S/C45H40N6O7/c1-55-33-22-18-31(19-23-33)45(30-16-10-5-11-17-30,32-20-24-34(56-2)25-21-32)57-27-36-35(52)26-37(58-36)51-42-38(39(50-51)40(53)28-12-6-3-7-13-28)41(48-44(46)49-42)47-43(54)29-14-8-4-9-15-29/h3-25,35-37,52H,26-27H2,1-2H3,(H3,46,47,48,49,54)/t35-,36+,37-/m0/s1. The highest BCUT2D eigenvalue weighted by atomic mass is 16.6. The smallest absolute Gasteiger partial charge is 0.256 e. The normalized spacial score (nSPS) is 16.6. The topological polar surface area (TPSA) is 173 Å². The molecule has 0 aliphatic carbocycles. The largest absolute Gasteiger partial charge is 0.497 e. The van der Waals surface area contributed by atoms with Gasteiger partial charge in [-0.3, -0.25) is 9.59 Å². The first kappa shape index (κ1) is 38.0. The predicted molar refractivity (Wildman–Crippen MR) is 217 cm³/mol. The monoisotopic (exact) mass is 776 g/mol. The van der Waals surface area contributed by atoms with Gasteiger partial charge in [0.05, 0.1) is 32.3 Å². The second kappa shape index (κ2) is 16.3. The van der Waals surface area contributed by atoms with E-state index in [9.17, 15) is 14.7 Å². The third-order valence-electron chi connectivity index (χ3n) is 10.2. The maximum absolute atomic E-state index is 14.1. The number of nitrogens with zero attached hydrogens (tertiary/aromatic N) is 4. The molecule has 13 heteroatoms. The molecule has 1 saturated heterocycles. The number of hydrogen-bond donors (Lipinski definition) is 3. The first-order chi connectivity index (χ1) is 28.3. The summed E-state index contributed by atoms with van der Waals surface area (Å²) in [5.41, 5.74) is 8.38. The number of aliphatic hydroxyl groups excluding tert-OH is 1. The second-order valence-corrected chi connectivity index (χ2v) is 13.7. The summed E-state index contributed by atoms with van der Waals surface area (Å²) in [6.07, 6.45) is -2.71. The average molecular weight is 777 g/mol. The quantitative estimate of drug-likeness (QED) is 0.0855. The lowest BCUT2D eigenvalue weighted by atomic mass is 9.80. The summed E-state index contributed by atoms with van der Waals surface area (Å²) in [5.74, 6) is 0.306. The van der Waals surface area contributed by atoms with Crippen LogP contribution >= 0.6 is 0 Å². The summed E-state index contributed by atoms with van der Waals surface area (Å²) in [4.78, 5) is 36.3. The van der Waals surface area contributed by atoms with Crippen molar-refractivity contribution in [2.75, 3.05) is 31.9 Å². The zero-order valence-electron chi connectivity index (χ0n) is 31.7. The number of aliphatic hydroxyl groups is 1.